The maximum atomic E-state index is 12.5. The molecule has 4 rings (SSSR count). The van der Waals surface area contributed by atoms with E-state index in [1.807, 2.05) is 23.9 Å². The monoisotopic (exact) mass is 451 g/mol. The molecule has 1 aliphatic rings. The predicted octanol–water partition coefficient (Wildman–Crippen LogP) is 3.34. The van der Waals surface area contributed by atoms with E-state index in [4.69, 9.17) is 4.74 Å². The van der Waals surface area contributed by atoms with Crippen molar-refractivity contribution >= 4 is 11.8 Å². The molecule has 1 N–H and O–H groups in total. The van der Waals surface area contributed by atoms with Crippen LogP contribution in [0.1, 0.15) is 37.4 Å². The van der Waals surface area contributed by atoms with Crippen LogP contribution < -0.4 is 10.3 Å². The zero-order chi connectivity index (χ0) is 23.2. The molecule has 33 heavy (non-hydrogen) atoms. The number of aromatic nitrogens is 4. The van der Waals surface area contributed by atoms with Crippen LogP contribution in [0.25, 0.3) is 5.69 Å². The average Bonchev–Trinajstić information content (AvgIpc) is 3.28. The number of carbonyl (C=O) groups is 1. The lowest BCUT2D eigenvalue weighted by Crippen LogP contribution is -2.29. The number of nitrogens with zero attached hydrogens (tertiary/aromatic N) is 5. The summed E-state index contributed by atoms with van der Waals surface area (Å²) >= 11 is 0. The van der Waals surface area contributed by atoms with E-state index in [2.05, 4.69) is 10.2 Å². The van der Waals surface area contributed by atoms with Crippen molar-refractivity contribution in [3.63, 3.8) is 0 Å². The van der Waals surface area contributed by atoms with Gasteiger partial charge < -0.3 is 9.84 Å². The van der Waals surface area contributed by atoms with Gasteiger partial charge in [-0.15, -0.1) is 0 Å². The molecule has 3 heterocycles. The maximum Gasteiger partial charge on any atom is 0.411 e. The molecule has 9 heteroatoms. The van der Waals surface area contributed by atoms with Crippen molar-refractivity contribution in [3.8, 4) is 5.69 Å². The van der Waals surface area contributed by atoms with E-state index in [0.717, 1.165) is 43.9 Å². The second-order valence-corrected chi connectivity index (χ2v) is 8.33. The number of hydrogen-bond acceptors (Lipinski definition) is 5. The third-order valence-corrected chi connectivity index (χ3v) is 5.82. The summed E-state index contributed by atoms with van der Waals surface area (Å²) in [6, 6.07) is 8.74. The summed E-state index contributed by atoms with van der Waals surface area (Å²) in [4.78, 5) is 25.4. The SMILES string of the molecule is CCCN(C(=O)O)c1cccc(Cc2nn(-c3cnn(CC4CCOCC4)c3)ccc2=O)c1. The van der Waals surface area contributed by atoms with Crippen LogP contribution in [0.3, 0.4) is 0 Å². The summed E-state index contributed by atoms with van der Waals surface area (Å²) in [5, 5.41) is 18.5. The minimum atomic E-state index is -0.994. The maximum absolute atomic E-state index is 12.5. The first kappa shape index (κ1) is 22.7. The standard InChI is InChI=1S/C24H29N5O4/c1-2-9-28(24(31)32)20-5-3-4-19(13-20)14-22-23(30)6-10-29(26-22)21-15-25-27(17-21)16-18-7-11-33-12-8-18/h3-6,10,13,15,17-18H,2,7-9,11-12,14,16H2,1H3,(H,31,32). The fourth-order valence-electron chi connectivity index (χ4n) is 4.06. The number of benzene rings is 1. The largest absolute Gasteiger partial charge is 0.465 e. The third kappa shape index (κ3) is 5.67. The number of ether oxygens (including phenoxy) is 1. The molecule has 0 saturated carbocycles. The van der Waals surface area contributed by atoms with Crippen LogP contribution in [-0.4, -0.2) is 50.5 Å². The van der Waals surface area contributed by atoms with Crippen molar-refractivity contribution < 1.29 is 14.6 Å². The Balaban J connectivity index is 1.52. The highest BCUT2D eigenvalue weighted by molar-refractivity contribution is 5.86. The molecule has 1 aliphatic heterocycles. The molecular weight excluding hydrogens is 422 g/mol. The Bertz CT molecular complexity index is 1150. The van der Waals surface area contributed by atoms with Gasteiger partial charge in [0.2, 0.25) is 5.43 Å². The fourth-order valence-corrected chi connectivity index (χ4v) is 4.06. The quantitative estimate of drug-likeness (QED) is 0.564. The Morgan fingerprint density at radius 3 is 2.85 bits per heavy atom. The Hall–Kier alpha value is -3.46. The molecule has 0 atom stereocenters. The predicted molar refractivity (Wildman–Crippen MR) is 124 cm³/mol. The lowest BCUT2D eigenvalue weighted by atomic mass is 10.0. The molecule has 0 bridgehead atoms. The normalized spacial score (nSPS) is 14.3. The van der Waals surface area contributed by atoms with Gasteiger partial charge in [0.25, 0.3) is 0 Å². The topological polar surface area (TPSA) is 102 Å². The number of carboxylic acid groups (broad SMARTS) is 1. The number of rotatable bonds is 8. The summed E-state index contributed by atoms with van der Waals surface area (Å²) in [5.41, 5.74) is 2.44. The van der Waals surface area contributed by atoms with E-state index < -0.39 is 6.09 Å². The molecule has 0 aliphatic carbocycles. The summed E-state index contributed by atoms with van der Waals surface area (Å²) in [7, 11) is 0. The minimum absolute atomic E-state index is 0.158. The molecule has 0 unspecified atom stereocenters. The molecule has 3 aromatic rings. The molecule has 9 nitrogen and oxygen atoms in total. The van der Waals surface area contributed by atoms with Crippen LogP contribution in [0.5, 0.6) is 0 Å². The Morgan fingerprint density at radius 1 is 1.27 bits per heavy atom. The molecule has 1 saturated heterocycles. The van der Waals surface area contributed by atoms with E-state index in [-0.39, 0.29) is 5.43 Å². The van der Waals surface area contributed by atoms with Crippen LogP contribution in [-0.2, 0) is 17.7 Å². The van der Waals surface area contributed by atoms with E-state index in [0.29, 0.717) is 36.7 Å². The van der Waals surface area contributed by atoms with Crippen LogP contribution in [0, 0.1) is 5.92 Å². The number of anilines is 1. The Kier molecular flexibility index (Phi) is 7.19. The average molecular weight is 452 g/mol. The van der Waals surface area contributed by atoms with Crippen LogP contribution in [0.15, 0.2) is 53.7 Å². The highest BCUT2D eigenvalue weighted by Crippen LogP contribution is 2.19. The minimum Gasteiger partial charge on any atom is -0.465 e. The molecule has 0 radical (unpaired) electrons. The zero-order valence-electron chi connectivity index (χ0n) is 18.8. The smallest absolute Gasteiger partial charge is 0.411 e. The van der Waals surface area contributed by atoms with Crippen LogP contribution >= 0.6 is 0 Å². The molecular formula is C24H29N5O4. The second kappa shape index (κ2) is 10.4. The molecule has 0 spiro atoms. The highest BCUT2D eigenvalue weighted by Gasteiger charge is 2.16. The van der Waals surface area contributed by atoms with Gasteiger partial charge in [-0.1, -0.05) is 19.1 Å². The van der Waals surface area contributed by atoms with Gasteiger partial charge in [0.15, 0.2) is 0 Å². The summed E-state index contributed by atoms with van der Waals surface area (Å²) in [6.45, 7) is 4.77. The summed E-state index contributed by atoms with van der Waals surface area (Å²) < 4.78 is 9.00. The fraction of sp³-hybridized carbons (Fsp3) is 0.417. The lowest BCUT2D eigenvalue weighted by molar-refractivity contribution is 0.0601. The Morgan fingerprint density at radius 2 is 2.09 bits per heavy atom. The van der Waals surface area contributed by atoms with Gasteiger partial charge in [0.05, 0.1) is 12.4 Å². The first-order valence-corrected chi connectivity index (χ1v) is 11.3. The lowest BCUT2D eigenvalue weighted by Gasteiger charge is -2.21. The van der Waals surface area contributed by atoms with Crippen molar-refractivity contribution in [1.29, 1.82) is 0 Å². The van der Waals surface area contributed by atoms with Crippen molar-refractivity contribution in [2.24, 2.45) is 5.92 Å². The zero-order valence-corrected chi connectivity index (χ0v) is 18.8. The van der Waals surface area contributed by atoms with E-state index in [1.165, 1.54) is 11.0 Å². The van der Waals surface area contributed by atoms with Crippen molar-refractivity contribution in [2.75, 3.05) is 24.7 Å². The van der Waals surface area contributed by atoms with Gasteiger partial charge in [-0.2, -0.15) is 10.2 Å². The third-order valence-electron chi connectivity index (χ3n) is 5.82. The number of hydrogen-bond donors (Lipinski definition) is 1. The molecule has 1 aromatic carbocycles. The van der Waals surface area contributed by atoms with Gasteiger partial charge >= 0.3 is 6.09 Å². The van der Waals surface area contributed by atoms with Crippen molar-refractivity contribution in [3.05, 3.63) is 70.4 Å². The molecule has 174 valence electrons. The molecule has 2 aromatic heterocycles. The van der Waals surface area contributed by atoms with Gasteiger partial charge in [-0.3, -0.25) is 14.4 Å². The highest BCUT2D eigenvalue weighted by atomic mass is 16.5. The van der Waals surface area contributed by atoms with Crippen molar-refractivity contribution in [1.82, 2.24) is 19.6 Å². The van der Waals surface area contributed by atoms with Crippen molar-refractivity contribution in [2.45, 2.75) is 39.2 Å². The van der Waals surface area contributed by atoms with Gasteiger partial charge in [-0.05, 0) is 42.9 Å². The van der Waals surface area contributed by atoms with E-state index in [9.17, 15) is 14.7 Å². The van der Waals surface area contributed by atoms with Gasteiger partial charge in [0, 0.05) is 50.7 Å². The first-order chi connectivity index (χ1) is 16.0. The van der Waals surface area contributed by atoms with E-state index in [1.54, 1.807) is 35.3 Å². The number of amides is 1. The van der Waals surface area contributed by atoms with Gasteiger partial charge in [-0.25, -0.2) is 9.48 Å². The Labute approximate surface area is 192 Å². The van der Waals surface area contributed by atoms with E-state index >= 15 is 0 Å². The summed E-state index contributed by atoms with van der Waals surface area (Å²) in [5.74, 6) is 0.550. The van der Waals surface area contributed by atoms with Gasteiger partial charge in [0.1, 0.15) is 11.4 Å². The first-order valence-electron chi connectivity index (χ1n) is 11.3. The molecule has 1 fully saturated rings. The van der Waals surface area contributed by atoms with Crippen LogP contribution in [0.2, 0.25) is 0 Å². The molecule has 1 amide bonds. The second-order valence-electron chi connectivity index (χ2n) is 8.33. The van der Waals surface area contributed by atoms with Crippen LogP contribution in [0.4, 0.5) is 10.5 Å². The summed E-state index contributed by atoms with van der Waals surface area (Å²) in [6.07, 6.45) is 7.42.